The molecule has 3 rings (SSSR count). The predicted octanol–water partition coefficient (Wildman–Crippen LogP) is 4.92. The zero-order valence-electron chi connectivity index (χ0n) is 15.4. The van der Waals surface area contributed by atoms with E-state index in [0.29, 0.717) is 16.8 Å². The van der Waals surface area contributed by atoms with Crippen molar-refractivity contribution in [1.82, 2.24) is 0 Å². The highest BCUT2D eigenvalue weighted by Gasteiger charge is 2.25. The number of aryl methyl sites for hydroxylation is 1. The Balaban J connectivity index is 1.81. The summed E-state index contributed by atoms with van der Waals surface area (Å²) in [5.74, 6) is -1.51. The van der Waals surface area contributed by atoms with Crippen molar-refractivity contribution in [3.8, 4) is 0 Å². The fourth-order valence-corrected chi connectivity index (χ4v) is 2.69. The summed E-state index contributed by atoms with van der Waals surface area (Å²) in [6.45, 7) is 2.03. The third-order valence-electron chi connectivity index (χ3n) is 4.27. The Hall–Kier alpha value is -3.47. The molecule has 0 bridgehead atoms. The number of rotatable bonds is 6. The van der Waals surface area contributed by atoms with Gasteiger partial charge in [-0.2, -0.15) is 0 Å². The van der Waals surface area contributed by atoms with Crippen molar-refractivity contribution in [3.05, 3.63) is 101 Å². The first-order chi connectivity index (χ1) is 13.6. The Morgan fingerprint density at radius 3 is 2.18 bits per heavy atom. The van der Waals surface area contributed by atoms with E-state index in [4.69, 9.17) is 4.74 Å². The van der Waals surface area contributed by atoms with Crippen molar-refractivity contribution in [2.75, 3.05) is 5.32 Å². The SMILES string of the molecule is CCc1ccc(C(=O)O[C@H](C(=O)Nc2ccc(F)cc2)c2ccccc2)cc1. The molecule has 0 radical (unpaired) electrons. The lowest BCUT2D eigenvalue weighted by Crippen LogP contribution is -2.26. The number of nitrogens with one attached hydrogen (secondary N) is 1. The molecule has 0 spiro atoms. The molecule has 0 saturated carbocycles. The van der Waals surface area contributed by atoms with Crippen molar-refractivity contribution in [1.29, 1.82) is 0 Å². The van der Waals surface area contributed by atoms with E-state index in [-0.39, 0.29) is 0 Å². The first-order valence-corrected chi connectivity index (χ1v) is 8.98. The van der Waals surface area contributed by atoms with E-state index in [0.717, 1.165) is 12.0 Å². The van der Waals surface area contributed by atoms with Crippen LogP contribution in [0, 0.1) is 5.82 Å². The van der Waals surface area contributed by atoms with Crippen LogP contribution in [0.25, 0.3) is 0 Å². The number of anilines is 1. The van der Waals surface area contributed by atoms with Gasteiger partial charge in [-0.25, -0.2) is 9.18 Å². The van der Waals surface area contributed by atoms with Gasteiger partial charge in [0.2, 0.25) is 6.10 Å². The maximum atomic E-state index is 13.1. The monoisotopic (exact) mass is 377 g/mol. The van der Waals surface area contributed by atoms with Crippen LogP contribution in [0.15, 0.2) is 78.9 Å². The summed E-state index contributed by atoms with van der Waals surface area (Å²) in [6.07, 6.45) is -0.271. The first kappa shape index (κ1) is 19.3. The van der Waals surface area contributed by atoms with Gasteiger partial charge in [-0.05, 0) is 48.4 Å². The largest absolute Gasteiger partial charge is 0.444 e. The second kappa shape index (κ2) is 8.95. The Labute approximate surface area is 163 Å². The number of hydrogen-bond donors (Lipinski definition) is 1. The van der Waals surface area contributed by atoms with E-state index >= 15 is 0 Å². The summed E-state index contributed by atoms with van der Waals surface area (Å²) in [5.41, 5.74) is 2.43. The van der Waals surface area contributed by atoms with E-state index in [9.17, 15) is 14.0 Å². The average molecular weight is 377 g/mol. The summed E-state index contributed by atoms with van der Waals surface area (Å²) < 4.78 is 18.6. The molecule has 0 aliphatic heterocycles. The molecule has 3 aromatic rings. The maximum Gasteiger partial charge on any atom is 0.339 e. The van der Waals surface area contributed by atoms with Crippen LogP contribution in [0.2, 0.25) is 0 Å². The van der Waals surface area contributed by atoms with Gasteiger partial charge in [0.1, 0.15) is 5.82 Å². The van der Waals surface area contributed by atoms with Gasteiger partial charge in [-0.15, -0.1) is 0 Å². The Morgan fingerprint density at radius 1 is 0.929 bits per heavy atom. The Bertz CT molecular complexity index is 938. The predicted molar refractivity (Wildman–Crippen MR) is 105 cm³/mol. The summed E-state index contributed by atoms with van der Waals surface area (Å²) >= 11 is 0. The standard InChI is InChI=1S/C23H20FNO3/c1-2-16-8-10-18(11-9-16)23(27)28-21(17-6-4-3-5-7-17)22(26)25-20-14-12-19(24)13-15-20/h3-15,21H,2H2,1H3,(H,25,26)/t21-/m0/s1. The average Bonchev–Trinajstić information content (AvgIpc) is 2.74. The molecule has 3 aromatic carbocycles. The van der Waals surface area contributed by atoms with Crippen LogP contribution in [0.1, 0.15) is 34.5 Å². The van der Waals surface area contributed by atoms with Crippen molar-refractivity contribution in [3.63, 3.8) is 0 Å². The summed E-state index contributed by atoms with van der Waals surface area (Å²) in [7, 11) is 0. The Morgan fingerprint density at radius 2 is 1.57 bits per heavy atom. The maximum absolute atomic E-state index is 13.1. The van der Waals surface area contributed by atoms with Gasteiger partial charge >= 0.3 is 5.97 Å². The van der Waals surface area contributed by atoms with E-state index in [1.54, 1.807) is 36.4 Å². The van der Waals surface area contributed by atoms with Gasteiger partial charge in [0.05, 0.1) is 5.56 Å². The number of esters is 1. The molecule has 0 fully saturated rings. The lowest BCUT2D eigenvalue weighted by Gasteiger charge is -2.18. The first-order valence-electron chi connectivity index (χ1n) is 8.98. The number of halogens is 1. The molecule has 5 heteroatoms. The minimum atomic E-state index is -1.13. The van der Waals surface area contributed by atoms with Gasteiger partial charge in [-0.3, -0.25) is 4.79 Å². The third kappa shape index (κ3) is 4.82. The Kier molecular flexibility index (Phi) is 6.17. The normalized spacial score (nSPS) is 11.5. The van der Waals surface area contributed by atoms with Crippen LogP contribution < -0.4 is 5.32 Å². The molecular weight excluding hydrogens is 357 g/mol. The second-order valence-electron chi connectivity index (χ2n) is 6.24. The molecule has 1 amide bonds. The molecular formula is C23H20FNO3. The van der Waals surface area contributed by atoms with Crippen LogP contribution in [-0.4, -0.2) is 11.9 Å². The summed E-state index contributed by atoms with van der Waals surface area (Å²) in [4.78, 5) is 25.4. The number of amides is 1. The molecule has 0 aromatic heterocycles. The molecule has 0 saturated heterocycles. The molecule has 0 aliphatic rings. The van der Waals surface area contributed by atoms with E-state index < -0.39 is 23.8 Å². The van der Waals surface area contributed by atoms with Crippen molar-refractivity contribution < 1.29 is 18.7 Å². The number of benzene rings is 3. The van der Waals surface area contributed by atoms with Crippen molar-refractivity contribution >= 4 is 17.6 Å². The summed E-state index contributed by atoms with van der Waals surface area (Å²) in [6, 6.07) is 21.2. The van der Waals surface area contributed by atoms with Gasteiger partial charge in [0, 0.05) is 11.3 Å². The van der Waals surface area contributed by atoms with Gasteiger partial charge in [0.15, 0.2) is 0 Å². The molecule has 142 valence electrons. The molecule has 1 atom stereocenters. The molecule has 0 heterocycles. The van der Waals surface area contributed by atoms with Gasteiger partial charge in [0.25, 0.3) is 5.91 Å². The van der Waals surface area contributed by atoms with Crippen LogP contribution in [-0.2, 0) is 16.0 Å². The highest BCUT2D eigenvalue weighted by molar-refractivity contribution is 5.98. The zero-order chi connectivity index (χ0) is 19.9. The molecule has 1 N–H and O–H groups in total. The topological polar surface area (TPSA) is 55.4 Å². The third-order valence-corrected chi connectivity index (χ3v) is 4.27. The fraction of sp³-hybridized carbons (Fsp3) is 0.130. The van der Waals surface area contributed by atoms with Crippen LogP contribution in [0.3, 0.4) is 0 Å². The van der Waals surface area contributed by atoms with E-state index in [2.05, 4.69) is 5.32 Å². The highest BCUT2D eigenvalue weighted by Crippen LogP contribution is 2.22. The van der Waals surface area contributed by atoms with Crippen molar-refractivity contribution in [2.24, 2.45) is 0 Å². The zero-order valence-corrected chi connectivity index (χ0v) is 15.4. The smallest absolute Gasteiger partial charge is 0.339 e. The lowest BCUT2D eigenvalue weighted by molar-refractivity contribution is -0.125. The number of carbonyl (C=O) groups excluding carboxylic acids is 2. The molecule has 28 heavy (non-hydrogen) atoms. The minimum absolute atomic E-state index is 0.368. The van der Waals surface area contributed by atoms with Crippen LogP contribution >= 0.6 is 0 Å². The van der Waals surface area contributed by atoms with Gasteiger partial charge < -0.3 is 10.1 Å². The summed E-state index contributed by atoms with van der Waals surface area (Å²) in [5, 5.41) is 2.66. The molecule has 4 nitrogen and oxygen atoms in total. The highest BCUT2D eigenvalue weighted by atomic mass is 19.1. The van der Waals surface area contributed by atoms with Crippen LogP contribution in [0.4, 0.5) is 10.1 Å². The fourth-order valence-electron chi connectivity index (χ4n) is 2.69. The van der Waals surface area contributed by atoms with Crippen LogP contribution in [0.5, 0.6) is 0 Å². The number of ether oxygens (including phenoxy) is 1. The quantitative estimate of drug-likeness (QED) is 0.620. The number of carbonyl (C=O) groups is 2. The lowest BCUT2D eigenvalue weighted by atomic mass is 10.1. The van der Waals surface area contributed by atoms with Crippen molar-refractivity contribution in [2.45, 2.75) is 19.4 Å². The van der Waals surface area contributed by atoms with E-state index in [1.165, 1.54) is 24.3 Å². The second-order valence-corrected chi connectivity index (χ2v) is 6.24. The van der Waals surface area contributed by atoms with Gasteiger partial charge in [-0.1, -0.05) is 49.4 Å². The number of hydrogen-bond acceptors (Lipinski definition) is 3. The minimum Gasteiger partial charge on any atom is -0.444 e. The molecule has 0 aliphatic carbocycles. The molecule has 0 unspecified atom stereocenters. The van der Waals surface area contributed by atoms with E-state index in [1.807, 2.05) is 25.1 Å².